The van der Waals surface area contributed by atoms with Crippen LogP contribution in [0.4, 0.5) is 0 Å². The van der Waals surface area contributed by atoms with Gasteiger partial charge in [0.2, 0.25) is 5.91 Å². The first kappa shape index (κ1) is 12.0. The van der Waals surface area contributed by atoms with Gasteiger partial charge >= 0.3 is 0 Å². The molecule has 2 aromatic carbocycles. The lowest BCUT2D eigenvalue weighted by molar-refractivity contribution is 0.0853. The number of para-hydroxylation sites is 2. The third kappa shape index (κ3) is 1.75. The second kappa shape index (κ2) is 4.54. The molecule has 1 aromatic heterocycles. The van der Waals surface area contributed by atoms with Crippen LogP contribution in [0.2, 0.25) is 0 Å². The van der Waals surface area contributed by atoms with Crippen molar-refractivity contribution in [3.05, 3.63) is 48.5 Å². The number of hydrogen-bond donors (Lipinski definition) is 0. The van der Waals surface area contributed by atoms with Crippen LogP contribution in [0, 0.1) is 5.92 Å². The topological polar surface area (TPSA) is 22.0 Å². The van der Waals surface area contributed by atoms with Gasteiger partial charge in [0, 0.05) is 16.7 Å². The highest BCUT2D eigenvalue weighted by Crippen LogP contribution is 2.29. The van der Waals surface area contributed by atoms with Crippen molar-refractivity contribution in [3.8, 4) is 0 Å². The summed E-state index contributed by atoms with van der Waals surface area (Å²) in [7, 11) is 0. The minimum absolute atomic E-state index is 0.0409. The van der Waals surface area contributed by atoms with Crippen LogP contribution in [-0.2, 0) is 0 Å². The molecule has 0 radical (unpaired) electrons. The number of carbonyl (C=O) groups is 1. The number of aromatic nitrogens is 1. The van der Waals surface area contributed by atoms with Gasteiger partial charge in [0.1, 0.15) is 0 Å². The number of benzene rings is 2. The van der Waals surface area contributed by atoms with E-state index >= 15 is 0 Å². The lowest BCUT2D eigenvalue weighted by Crippen LogP contribution is -2.18. The zero-order valence-electron chi connectivity index (χ0n) is 11.3. The predicted molar refractivity (Wildman–Crippen MR) is 79.5 cm³/mol. The summed E-state index contributed by atoms with van der Waals surface area (Å²) in [6.45, 7) is 4.04. The zero-order valence-corrected chi connectivity index (χ0v) is 11.3. The first-order valence-electron chi connectivity index (χ1n) is 6.76. The smallest absolute Gasteiger partial charge is 0.234 e. The molecule has 0 saturated carbocycles. The Morgan fingerprint density at radius 2 is 1.47 bits per heavy atom. The molecule has 1 heterocycles. The Kier molecular flexibility index (Phi) is 2.86. The van der Waals surface area contributed by atoms with Crippen molar-refractivity contribution >= 4 is 27.7 Å². The van der Waals surface area contributed by atoms with Gasteiger partial charge in [-0.15, -0.1) is 0 Å². The number of carbonyl (C=O) groups excluding carboxylic acids is 1. The van der Waals surface area contributed by atoms with Crippen molar-refractivity contribution in [3.63, 3.8) is 0 Å². The Labute approximate surface area is 112 Å². The van der Waals surface area contributed by atoms with Crippen LogP contribution < -0.4 is 0 Å². The third-order valence-electron chi connectivity index (χ3n) is 3.83. The summed E-state index contributed by atoms with van der Waals surface area (Å²) in [5.74, 6) is 0.221. The fourth-order valence-electron chi connectivity index (χ4n) is 2.55. The summed E-state index contributed by atoms with van der Waals surface area (Å²) >= 11 is 0. The molecule has 19 heavy (non-hydrogen) atoms. The Hall–Kier alpha value is -2.09. The largest absolute Gasteiger partial charge is 0.280 e. The Morgan fingerprint density at radius 3 is 1.95 bits per heavy atom. The maximum Gasteiger partial charge on any atom is 0.234 e. The fourth-order valence-corrected chi connectivity index (χ4v) is 2.55. The molecule has 96 valence electrons. The summed E-state index contributed by atoms with van der Waals surface area (Å²) in [6, 6.07) is 16.2. The van der Waals surface area contributed by atoms with Gasteiger partial charge < -0.3 is 0 Å². The molecule has 3 rings (SSSR count). The Balaban J connectivity index is 2.40. The average molecular weight is 251 g/mol. The van der Waals surface area contributed by atoms with Gasteiger partial charge in [-0.25, -0.2) is 0 Å². The number of nitrogens with zero attached hydrogens (tertiary/aromatic N) is 1. The standard InChI is InChI=1S/C17H17NO/c1-3-12(2)17(19)18-15-10-6-4-8-13(15)14-9-5-7-11-16(14)18/h4-12H,3H2,1-2H3. The molecule has 0 bridgehead atoms. The van der Waals surface area contributed by atoms with Crippen LogP contribution in [0.1, 0.15) is 25.1 Å². The lowest BCUT2D eigenvalue weighted by Gasteiger charge is -2.10. The van der Waals surface area contributed by atoms with Crippen molar-refractivity contribution in [2.75, 3.05) is 0 Å². The Bertz CT molecular complexity index is 701. The van der Waals surface area contributed by atoms with Crippen molar-refractivity contribution in [2.45, 2.75) is 20.3 Å². The van der Waals surface area contributed by atoms with Gasteiger partial charge in [0.05, 0.1) is 11.0 Å². The summed E-state index contributed by atoms with van der Waals surface area (Å²) in [4.78, 5) is 12.6. The molecule has 0 spiro atoms. The van der Waals surface area contributed by atoms with Gasteiger partial charge in [-0.3, -0.25) is 9.36 Å². The molecule has 0 N–H and O–H groups in total. The van der Waals surface area contributed by atoms with E-state index in [1.54, 1.807) is 0 Å². The number of hydrogen-bond acceptors (Lipinski definition) is 1. The molecule has 0 fully saturated rings. The molecular formula is C17H17NO. The van der Waals surface area contributed by atoms with Crippen molar-refractivity contribution in [2.24, 2.45) is 5.92 Å². The van der Waals surface area contributed by atoms with Crippen molar-refractivity contribution in [1.82, 2.24) is 4.57 Å². The zero-order chi connectivity index (χ0) is 13.4. The van der Waals surface area contributed by atoms with Crippen LogP contribution in [0.25, 0.3) is 21.8 Å². The highest BCUT2D eigenvalue weighted by atomic mass is 16.2. The monoisotopic (exact) mass is 251 g/mol. The van der Waals surface area contributed by atoms with Crippen LogP contribution in [-0.4, -0.2) is 10.5 Å². The minimum atomic E-state index is 0.0409. The second-order valence-electron chi connectivity index (χ2n) is 5.02. The van der Waals surface area contributed by atoms with E-state index in [0.717, 1.165) is 28.2 Å². The van der Waals surface area contributed by atoms with Crippen LogP contribution in [0.3, 0.4) is 0 Å². The van der Waals surface area contributed by atoms with E-state index in [0.29, 0.717) is 0 Å². The molecule has 0 amide bonds. The number of rotatable bonds is 2. The van der Waals surface area contributed by atoms with E-state index in [1.165, 1.54) is 0 Å². The normalized spacial score (nSPS) is 12.9. The first-order chi connectivity index (χ1) is 9.24. The molecule has 1 atom stereocenters. The SMILES string of the molecule is CCC(C)C(=O)n1c2ccccc2c2ccccc21. The van der Waals surface area contributed by atoms with E-state index < -0.39 is 0 Å². The van der Waals surface area contributed by atoms with Gasteiger partial charge in [0.25, 0.3) is 0 Å². The molecule has 1 unspecified atom stereocenters. The predicted octanol–water partition coefficient (Wildman–Crippen LogP) is 4.48. The van der Waals surface area contributed by atoms with Crippen molar-refractivity contribution in [1.29, 1.82) is 0 Å². The summed E-state index contributed by atoms with van der Waals surface area (Å²) < 4.78 is 1.87. The van der Waals surface area contributed by atoms with E-state index in [-0.39, 0.29) is 11.8 Å². The van der Waals surface area contributed by atoms with E-state index in [9.17, 15) is 4.79 Å². The summed E-state index contributed by atoms with van der Waals surface area (Å²) in [5.41, 5.74) is 2.02. The number of fused-ring (bicyclic) bond motifs is 3. The third-order valence-corrected chi connectivity index (χ3v) is 3.83. The summed E-state index contributed by atoms with van der Waals surface area (Å²) in [5, 5.41) is 2.30. The van der Waals surface area contributed by atoms with Gasteiger partial charge in [0.15, 0.2) is 0 Å². The van der Waals surface area contributed by atoms with Crippen LogP contribution in [0.15, 0.2) is 48.5 Å². The molecular weight excluding hydrogens is 234 g/mol. The lowest BCUT2D eigenvalue weighted by atomic mass is 10.1. The Morgan fingerprint density at radius 1 is 1.00 bits per heavy atom. The van der Waals surface area contributed by atoms with E-state index in [4.69, 9.17) is 0 Å². The molecule has 0 aliphatic rings. The highest BCUT2D eigenvalue weighted by Gasteiger charge is 2.18. The molecule has 2 nitrogen and oxygen atoms in total. The van der Waals surface area contributed by atoms with Crippen LogP contribution >= 0.6 is 0 Å². The molecule has 0 aliphatic heterocycles. The molecule has 2 heteroatoms. The van der Waals surface area contributed by atoms with Crippen molar-refractivity contribution < 1.29 is 4.79 Å². The van der Waals surface area contributed by atoms with Gasteiger partial charge in [-0.05, 0) is 18.6 Å². The van der Waals surface area contributed by atoms with Gasteiger partial charge in [-0.2, -0.15) is 0 Å². The summed E-state index contributed by atoms with van der Waals surface area (Å²) in [6.07, 6.45) is 0.861. The second-order valence-corrected chi connectivity index (χ2v) is 5.02. The van der Waals surface area contributed by atoms with E-state index in [1.807, 2.05) is 47.9 Å². The minimum Gasteiger partial charge on any atom is -0.280 e. The quantitative estimate of drug-likeness (QED) is 0.658. The highest BCUT2D eigenvalue weighted by molar-refractivity contribution is 6.13. The maximum absolute atomic E-state index is 12.6. The molecule has 0 saturated heterocycles. The van der Waals surface area contributed by atoms with Gasteiger partial charge in [-0.1, -0.05) is 50.2 Å². The molecule has 3 aromatic rings. The van der Waals surface area contributed by atoms with Crippen LogP contribution in [0.5, 0.6) is 0 Å². The molecule has 0 aliphatic carbocycles. The first-order valence-corrected chi connectivity index (χ1v) is 6.76. The average Bonchev–Trinajstić information content (AvgIpc) is 2.80. The van der Waals surface area contributed by atoms with E-state index in [2.05, 4.69) is 19.1 Å². The maximum atomic E-state index is 12.6. The fraction of sp³-hybridized carbons (Fsp3) is 0.235.